The highest BCUT2D eigenvalue weighted by Gasteiger charge is 2.40. The van der Waals surface area contributed by atoms with Crippen LogP contribution in [-0.2, 0) is 9.59 Å². The minimum atomic E-state index is -0.698. The highest BCUT2D eigenvalue weighted by atomic mass is 19.1. The highest BCUT2D eigenvalue weighted by Crippen LogP contribution is 2.37. The number of nitrogens with one attached hydrogen (secondary N) is 1. The van der Waals surface area contributed by atoms with Crippen LogP contribution in [0.25, 0.3) is 0 Å². The first-order valence-electron chi connectivity index (χ1n) is 8.04. The van der Waals surface area contributed by atoms with Crippen molar-refractivity contribution in [1.29, 1.82) is 0 Å². The molecule has 25 heavy (non-hydrogen) atoms. The molecule has 1 fully saturated rings. The van der Waals surface area contributed by atoms with Crippen molar-refractivity contribution in [2.24, 2.45) is 5.92 Å². The van der Waals surface area contributed by atoms with Gasteiger partial charge in [-0.15, -0.1) is 0 Å². The number of rotatable bonds is 3. The van der Waals surface area contributed by atoms with Gasteiger partial charge < -0.3 is 10.2 Å². The van der Waals surface area contributed by atoms with Crippen LogP contribution in [-0.4, -0.2) is 23.8 Å². The number of benzene rings is 2. The Morgan fingerprint density at radius 3 is 2.64 bits per heavy atom. The number of carbonyl (C=O) groups excluding carboxylic acids is 2. The summed E-state index contributed by atoms with van der Waals surface area (Å²) in [6, 6.07) is 11.0. The topological polar surface area (TPSA) is 49.4 Å². The number of likely N-dealkylation sites (tertiary alicyclic amines) is 1. The lowest BCUT2D eigenvalue weighted by molar-refractivity contribution is -0.140. The lowest BCUT2D eigenvalue weighted by Gasteiger charge is -2.38. The van der Waals surface area contributed by atoms with Crippen molar-refractivity contribution in [3.8, 4) is 0 Å². The molecule has 0 bridgehead atoms. The quantitative estimate of drug-likeness (QED) is 0.926. The fourth-order valence-electron chi connectivity index (χ4n) is 3.25. The molecule has 1 saturated heterocycles. The zero-order valence-corrected chi connectivity index (χ0v) is 13.7. The van der Waals surface area contributed by atoms with Gasteiger partial charge in [0.25, 0.3) is 0 Å². The van der Waals surface area contributed by atoms with Crippen LogP contribution in [0, 0.1) is 17.6 Å². The zero-order chi connectivity index (χ0) is 18.0. The first-order chi connectivity index (χ1) is 12.0. The zero-order valence-electron chi connectivity index (χ0n) is 13.7. The number of nitrogens with zero attached hydrogens (tertiary/aromatic N) is 1. The first kappa shape index (κ1) is 17.1. The summed E-state index contributed by atoms with van der Waals surface area (Å²) >= 11 is 0. The molecule has 0 aliphatic carbocycles. The molecule has 2 amide bonds. The monoisotopic (exact) mass is 344 g/mol. The number of halogens is 2. The Morgan fingerprint density at radius 2 is 1.92 bits per heavy atom. The second-order valence-corrected chi connectivity index (χ2v) is 6.12. The number of hydrogen-bond donors (Lipinski definition) is 1. The van der Waals surface area contributed by atoms with E-state index in [1.54, 1.807) is 31.3 Å². The van der Waals surface area contributed by atoms with Gasteiger partial charge in [0.2, 0.25) is 11.8 Å². The van der Waals surface area contributed by atoms with E-state index in [1.807, 2.05) is 0 Å². The maximum atomic E-state index is 14.3. The van der Waals surface area contributed by atoms with E-state index in [0.717, 1.165) is 0 Å². The lowest BCUT2D eigenvalue weighted by atomic mass is 9.83. The molecule has 2 unspecified atom stereocenters. The number of hydrogen-bond acceptors (Lipinski definition) is 2. The normalized spacial score (nSPS) is 20.4. The molecule has 3 rings (SSSR count). The summed E-state index contributed by atoms with van der Waals surface area (Å²) in [7, 11) is 1.57. The van der Waals surface area contributed by atoms with Crippen molar-refractivity contribution in [1.82, 2.24) is 4.90 Å². The van der Waals surface area contributed by atoms with Crippen LogP contribution in [0.4, 0.5) is 14.5 Å². The van der Waals surface area contributed by atoms with Crippen molar-refractivity contribution < 1.29 is 18.4 Å². The van der Waals surface area contributed by atoms with Crippen molar-refractivity contribution in [2.75, 3.05) is 12.4 Å². The lowest BCUT2D eigenvalue weighted by Crippen LogP contribution is -2.44. The maximum Gasteiger partial charge on any atom is 0.229 e. The van der Waals surface area contributed by atoms with Gasteiger partial charge in [0, 0.05) is 24.7 Å². The average Bonchev–Trinajstić information content (AvgIpc) is 2.58. The Balaban J connectivity index is 1.90. The largest absolute Gasteiger partial charge is 0.338 e. The second-order valence-electron chi connectivity index (χ2n) is 6.12. The fraction of sp³-hybridized carbons (Fsp3) is 0.263. The summed E-state index contributed by atoms with van der Waals surface area (Å²) in [5.74, 6) is -2.04. The van der Waals surface area contributed by atoms with Gasteiger partial charge in [-0.25, -0.2) is 8.78 Å². The van der Waals surface area contributed by atoms with Crippen LogP contribution in [0.5, 0.6) is 0 Å². The highest BCUT2D eigenvalue weighted by molar-refractivity contribution is 5.94. The van der Waals surface area contributed by atoms with Gasteiger partial charge in [0.05, 0.1) is 12.0 Å². The molecule has 4 nitrogen and oxygen atoms in total. The van der Waals surface area contributed by atoms with Crippen LogP contribution in [0.1, 0.15) is 24.4 Å². The van der Waals surface area contributed by atoms with Crippen molar-refractivity contribution >= 4 is 17.5 Å². The van der Waals surface area contributed by atoms with Gasteiger partial charge in [-0.2, -0.15) is 0 Å². The molecule has 0 saturated carbocycles. The fourth-order valence-corrected chi connectivity index (χ4v) is 3.25. The summed E-state index contributed by atoms with van der Waals surface area (Å²) in [6.45, 7) is 0. The third kappa shape index (κ3) is 3.52. The van der Waals surface area contributed by atoms with E-state index >= 15 is 0 Å². The molecule has 2 aromatic carbocycles. The summed E-state index contributed by atoms with van der Waals surface area (Å²) in [4.78, 5) is 26.2. The minimum Gasteiger partial charge on any atom is -0.338 e. The van der Waals surface area contributed by atoms with E-state index in [1.165, 1.54) is 29.2 Å². The van der Waals surface area contributed by atoms with Gasteiger partial charge >= 0.3 is 0 Å². The molecule has 130 valence electrons. The molecule has 2 atom stereocenters. The Hall–Kier alpha value is -2.76. The molecule has 1 aliphatic rings. The number of amides is 2. The average molecular weight is 344 g/mol. The van der Waals surface area contributed by atoms with E-state index in [9.17, 15) is 18.4 Å². The summed E-state index contributed by atoms with van der Waals surface area (Å²) < 4.78 is 27.6. The standard InChI is InChI=1S/C19H18F2N2O2/c1-23-17(24)10-9-15(18(23)14-7-2-3-8-16(14)21)19(25)22-13-6-4-5-12(20)11-13/h2-8,11,15,18H,9-10H2,1H3,(H,22,25). The van der Waals surface area contributed by atoms with E-state index in [2.05, 4.69) is 5.32 Å². The number of carbonyl (C=O) groups is 2. The van der Waals surface area contributed by atoms with Gasteiger partial charge in [0.15, 0.2) is 0 Å². The van der Waals surface area contributed by atoms with E-state index in [-0.39, 0.29) is 18.2 Å². The van der Waals surface area contributed by atoms with Crippen LogP contribution in [0.15, 0.2) is 48.5 Å². The predicted octanol–water partition coefficient (Wildman–Crippen LogP) is 3.51. The molecule has 2 aromatic rings. The Bertz CT molecular complexity index is 810. The molecular formula is C19H18F2N2O2. The van der Waals surface area contributed by atoms with Crippen LogP contribution >= 0.6 is 0 Å². The molecule has 1 N–H and O–H groups in total. The summed E-state index contributed by atoms with van der Waals surface area (Å²) in [5, 5.41) is 2.67. The molecule has 0 radical (unpaired) electrons. The van der Waals surface area contributed by atoms with E-state index in [4.69, 9.17) is 0 Å². The minimum absolute atomic E-state index is 0.136. The first-order valence-corrected chi connectivity index (χ1v) is 8.04. The molecule has 0 aromatic heterocycles. The number of piperidine rings is 1. The van der Waals surface area contributed by atoms with Gasteiger partial charge in [0.1, 0.15) is 11.6 Å². The van der Waals surface area contributed by atoms with Gasteiger partial charge in [-0.1, -0.05) is 24.3 Å². The van der Waals surface area contributed by atoms with Gasteiger partial charge in [-0.05, 0) is 30.7 Å². The van der Waals surface area contributed by atoms with Crippen LogP contribution < -0.4 is 5.32 Å². The van der Waals surface area contributed by atoms with Crippen LogP contribution in [0.3, 0.4) is 0 Å². The number of anilines is 1. The van der Waals surface area contributed by atoms with Crippen molar-refractivity contribution in [3.05, 3.63) is 65.7 Å². The predicted molar refractivity (Wildman–Crippen MR) is 89.7 cm³/mol. The maximum absolute atomic E-state index is 14.3. The molecule has 0 spiro atoms. The Labute approximate surface area is 144 Å². The van der Waals surface area contributed by atoms with E-state index in [0.29, 0.717) is 17.7 Å². The van der Waals surface area contributed by atoms with Gasteiger partial charge in [-0.3, -0.25) is 9.59 Å². The van der Waals surface area contributed by atoms with Crippen molar-refractivity contribution in [3.63, 3.8) is 0 Å². The van der Waals surface area contributed by atoms with Crippen LogP contribution in [0.2, 0.25) is 0 Å². The molecular weight excluding hydrogens is 326 g/mol. The summed E-state index contributed by atoms with van der Waals surface area (Å²) in [6.07, 6.45) is 0.520. The summed E-state index contributed by atoms with van der Waals surface area (Å²) in [5.41, 5.74) is 0.634. The molecule has 1 heterocycles. The van der Waals surface area contributed by atoms with E-state index < -0.39 is 23.6 Å². The Kier molecular flexibility index (Phi) is 4.79. The third-order valence-corrected chi connectivity index (χ3v) is 4.51. The molecule has 6 heteroatoms. The van der Waals surface area contributed by atoms with Crippen molar-refractivity contribution in [2.45, 2.75) is 18.9 Å². The smallest absolute Gasteiger partial charge is 0.229 e. The SMILES string of the molecule is CN1C(=O)CCC(C(=O)Nc2cccc(F)c2)C1c1ccccc1F. The Morgan fingerprint density at radius 1 is 1.16 bits per heavy atom. The second kappa shape index (κ2) is 7.01. The molecule has 1 aliphatic heterocycles. The third-order valence-electron chi connectivity index (χ3n) is 4.51.